The zero-order chi connectivity index (χ0) is 25.3. The van der Waals surface area contributed by atoms with Gasteiger partial charge in [-0.25, -0.2) is 13.4 Å². The number of aromatic nitrogens is 2. The molecule has 3 heterocycles. The fourth-order valence-corrected chi connectivity index (χ4v) is 6.93. The van der Waals surface area contributed by atoms with Gasteiger partial charge in [0.05, 0.1) is 5.69 Å². The van der Waals surface area contributed by atoms with Crippen molar-refractivity contribution in [1.82, 2.24) is 14.4 Å². The van der Waals surface area contributed by atoms with Crippen LogP contribution >= 0.6 is 11.3 Å². The number of amides is 1. The Morgan fingerprint density at radius 1 is 1.11 bits per heavy atom. The van der Waals surface area contributed by atoms with Gasteiger partial charge in [0.1, 0.15) is 5.69 Å². The molecule has 1 aliphatic rings. The molecule has 1 aromatic carbocycles. The lowest BCUT2D eigenvalue weighted by atomic mass is 9.97. The molecule has 0 spiro atoms. The zero-order valence-electron chi connectivity index (χ0n) is 20.6. The summed E-state index contributed by atoms with van der Waals surface area (Å²) >= 11 is 1.38. The summed E-state index contributed by atoms with van der Waals surface area (Å²) < 4.78 is 33.9. The van der Waals surface area contributed by atoms with Gasteiger partial charge >= 0.3 is 0 Å². The summed E-state index contributed by atoms with van der Waals surface area (Å²) in [5, 5.41) is 9.22. The van der Waals surface area contributed by atoms with E-state index in [0.29, 0.717) is 23.7 Å². The van der Waals surface area contributed by atoms with E-state index in [1.165, 1.54) is 21.2 Å². The SMILES string of the molecule is Cc1cc(C)c(/C=C/c2onc(C)c2S(=O)(=O)N2CCC(C(=O)Nc3nc(C)cs3)CC2)c(C)c1. The molecule has 1 N–H and O–H groups in total. The molecule has 0 aliphatic carbocycles. The fraction of sp³-hybridized carbons (Fsp3) is 0.400. The Morgan fingerprint density at radius 2 is 1.77 bits per heavy atom. The summed E-state index contributed by atoms with van der Waals surface area (Å²) in [4.78, 5) is 17.0. The number of hydrogen-bond donors (Lipinski definition) is 1. The van der Waals surface area contributed by atoms with Gasteiger partial charge in [0, 0.05) is 24.4 Å². The molecular formula is C25H30N4O4S2. The molecule has 10 heteroatoms. The molecule has 1 amide bonds. The van der Waals surface area contributed by atoms with E-state index >= 15 is 0 Å². The van der Waals surface area contributed by atoms with Gasteiger partial charge in [-0.1, -0.05) is 28.9 Å². The van der Waals surface area contributed by atoms with E-state index in [9.17, 15) is 13.2 Å². The first-order valence-electron chi connectivity index (χ1n) is 11.5. The maximum atomic E-state index is 13.5. The second-order valence-electron chi connectivity index (χ2n) is 9.07. The van der Waals surface area contributed by atoms with E-state index in [4.69, 9.17) is 4.52 Å². The summed E-state index contributed by atoms with van der Waals surface area (Å²) in [5.41, 5.74) is 5.58. The Morgan fingerprint density at radius 3 is 2.37 bits per heavy atom. The third kappa shape index (κ3) is 5.39. The molecule has 4 rings (SSSR count). The molecular weight excluding hydrogens is 484 g/mol. The number of sulfonamides is 1. The largest absolute Gasteiger partial charge is 0.355 e. The Bertz CT molecular complexity index is 1360. The van der Waals surface area contributed by atoms with Crippen LogP contribution in [0.15, 0.2) is 26.9 Å². The van der Waals surface area contributed by atoms with Crippen LogP contribution in [0.1, 0.15) is 52.2 Å². The first kappa shape index (κ1) is 25.3. The van der Waals surface area contributed by atoms with E-state index in [-0.39, 0.29) is 35.6 Å². The van der Waals surface area contributed by atoms with Crippen LogP contribution in [0.2, 0.25) is 0 Å². The summed E-state index contributed by atoms with van der Waals surface area (Å²) in [7, 11) is -3.83. The number of carbonyl (C=O) groups is 1. The number of hydrogen-bond acceptors (Lipinski definition) is 7. The average molecular weight is 515 g/mol. The van der Waals surface area contributed by atoms with Crippen molar-refractivity contribution in [2.45, 2.75) is 52.4 Å². The number of piperidine rings is 1. The number of thiazole rings is 1. The molecule has 1 saturated heterocycles. The fourth-order valence-electron chi connectivity index (χ4n) is 4.52. The number of benzene rings is 1. The predicted molar refractivity (Wildman–Crippen MR) is 138 cm³/mol. The standard InChI is InChI=1S/C25H30N4O4S2/c1-15-12-16(2)21(17(3)13-15)6-7-22-23(19(5)28-33-22)35(31,32)29-10-8-20(9-11-29)24(30)27-25-26-18(4)14-34-25/h6-7,12-14,20H,8-11H2,1-5H3,(H,26,27,30)/b7-6+. The minimum Gasteiger partial charge on any atom is -0.355 e. The maximum Gasteiger partial charge on any atom is 0.248 e. The molecule has 35 heavy (non-hydrogen) atoms. The Balaban J connectivity index is 1.49. The zero-order valence-corrected chi connectivity index (χ0v) is 22.2. The number of rotatable bonds is 6. The van der Waals surface area contributed by atoms with Crippen molar-refractivity contribution < 1.29 is 17.7 Å². The highest BCUT2D eigenvalue weighted by Gasteiger charge is 2.36. The van der Waals surface area contributed by atoms with Crippen LogP contribution in [0, 0.1) is 40.5 Å². The average Bonchev–Trinajstić information content (AvgIpc) is 3.38. The van der Waals surface area contributed by atoms with Gasteiger partial charge in [0.15, 0.2) is 15.8 Å². The number of nitrogens with one attached hydrogen (secondary N) is 1. The molecule has 0 saturated carbocycles. The topological polar surface area (TPSA) is 105 Å². The first-order valence-corrected chi connectivity index (χ1v) is 13.8. The van der Waals surface area contributed by atoms with Crippen molar-refractivity contribution in [3.8, 4) is 0 Å². The number of nitrogens with zero attached hydrogens (tertiary/aromatic N) is 3. The lowest BCUT2D eigenvalue weighted by Gasteiger charge is -2.30. The normalized spacial score (nSPS) is 15.7. The second-order valence-corrected chi connectivity index (χ2v) is 11.8. The van der Waals surface area contributed by atoms with Crippen molar-refractivity contribution in [2.75, 3.05) is 18.4 Å². The highest BCUT2D eigenvalue weighted by molar-refractivity contribution is 7.89. The van der Waals surface area contributed by atoms with Crippen LogP contribution in [0.4, 0.5) is 5.13 Å². The quantitative estimate of drug-likeness (QED) is 0.502. The molecule has 0 radical (unpaired) electrons. The van der Waals surface area contributed by atoms with Gasteiger partial charge in [-0.3, -0.25) is 4.79 Å². The van der Waals surface area contributed by atoms with Gasteiger partial charge in [-0.05, 0) is 70.2 Å². The molecule has 1 fully saturated rings. The van der Waals surface area contributed by atoms with E-state index in [2.05, 4.69) is 27.6 Å². The molecule has 0 unspecified atom stereocenters. The van der Waals surface area contributed by atoms with Gasteiger partial charge in [-0.15, -0.1) is 11.3 Å². The Hall–Kier alpha value is -2.82. The van der Waals surface area contributed by atoms with Gasteiger partial charge in [-0.2, -0.15) is 4.31 Å². The van der Waals surface area contributed by atoms with Crippen molar-refractivity contribution in [2.24, 2.45) is 5.92 Å². The van der Waals surface area contributed by atoms with Crippen LogP contribution in [-0.4, -0.2) is 41.9 Å². The smallest absolute Gasteiger partial charge is 0.248 e. The second kappa shape index (κ2) is 10.0. The van der Waals surface area contributed by atoms with Crippen molar-refractivity contribution in [3.05, 3.63) is 56.9 Å². The summed E-state index contributed by atoms with van der Waals surface area (Å²) in [6, 6.07) is 4.18. The van der Waals surface area contributed by atoms with Crippen LogP contribution in [-0.2, 0) is 14.8 Å². The van der Waals surface area contributed by atoms with E-state index in [1.807, 2.05) is 39.2 Å². The van der Waals surface area contributed by atoms with E-state index in [1.54, 1.807) is 13.0 Å². The Labute approximate surface area is 210 Å². The number of anilines is 1. The first-order chi connectivity index (χ1) is 16.6. The Kier molecular flexibility index (Phi) is 7.25. The predicted octanol–water partition coefficient (Wildman–Crippen LogP) is 4.88. The summed E-state index contributed by atoms with van der Waals surface area (Å²) in [6.07, 6.45) is 4.42. The molecule has 186 valence electrons. The summed E-state index contributed by atoms with van der Waals surface area (Å²) in [5.74, 6) is -0.174. The van der Waals surface area contributed by atoms with Crippen LogP contribution < -0.4 is 5.32 Å². The van der Waals surface area contributed by atoms with Gasteiger partial charge < -0.3 is 9.84 Å². The van der Waals surface area contributed by atoms with Crippen molar-refractivity contribution in [3.63, 3.8) is 0 Å². The molecule has 8 nitrogen and oxygen atoms in total. The molecule has 1 aliphatic heterocycles. The molecule has 0 bridgehead atoms. The van der Waals surface area contributed by atoms with E-state index < -0.39 is 10.0 Å². The minimum atomic E-state index is -3.83. The van der Waals surface area contributed by atoms with E-state index in [0.717, 1.165) is 22.4 Å². The van der Waals surface area contributed by atoms with Crippen molar-refractivity contribution in [1.29, 1.82) is 0 Å². The lowest BCUT2D eigenvalue weighted by molar-refractivity contribution is -0.120. The highest BCUT2D eigenvalue weighted by atomic mass is 32.2. The third-order valence-corrected chi connectivity index (χ3v) is 9.18. The maximum absolute atomic E-state index is 13.5. The molecule has 2 aromatic heterocycles. The monoisotopic (exact) mass is 514 g/mol. The highest BCUT2D eigenvalue weighted by Crippen LogP contribution is 2.30. The van der Waals surface area contributed by atoms with Crippen LogP contribution in [0.5, 0.6) is 0 Å². The number of aryl methyl sites for hydroxylation is 5. The molecule has 0 atom stereocenters. The summed E-state index contributed by atoms with van der Waals surface area (Å²) in [6.45, 7) is 10.1. The van der Waals surface area contributed by atoms with Crippen LogP contribution in [0.25, 0.3) is 12.2 Å². The lowest BCUT2D eigenvalue weighted by Crippen LogP contribution is -2.41. The van der Waals surface area contributed by atoms with Gasteiger partial charge in [0.25, 0.3) is 0 Å². The van der Waals surface area contributed by atoms with Crippen molar-refractivity contribution >= 4 is 44.6 Å². The minimum absolute atomic E-state index is 0.0809. The van der Waals surface area contributed by atoms with Crippen LogP contribution in [0.3, 0.4) is 0 Å². The number of carbonyl (C=O) groups excluding carboxylic acids is 1. The third-order valence-electron chi connectivity index (χ3n) is 6.24. The van der Waals surface area contributed by atoms with Gasteiger partial charge in [0.2, 0.25) is 15.9 Å². The molecule has 3 aromatic rings.